The first-order chi connectivity index (χ1) is 6.59. The molecule has 2 aromatic rings. The molecule has 0 saturated heterocycles. The zero-order valence-corrected chi connectivity index (χ0v) is 8.92. The van der Waals surface area contributed by atoms with Gasteiger partial charge in [0.05, 0.1) is 9.72 Å². The van der Waals surface area contributed by atoms with Crippen molar-refractivity contribution in [1.29, 1.82) is 0 Å². The standard InChI is InChI=1S/C10H7ClF2S/c1-5-2-6-7(10(12)13)4-14-9(6)8(11)3-5/h2-4,10H,1H3. The van der Waals surface area contributed by atoms with Crippen LogP contribution in [0.1, 0.15) is 17.6 Å². The first-order valence-electron chi connectivity index (χ1n) is 4.05. The van der Waals surface area contributed by atoms with Gasteiger partial charge in [0.2, 0.25) is 0 Å². The summed E-state index contributed by atoms with van der Waals surface area (Å²) in [7, 11) is 0. The van der Waals surface area contributed by atoms with Crippen molar-refractivity contribution >= 4 is 33.0 Å². The van der Waals surface area contributed by atoms with Crippen LogP contribution in [0.15, 0.2) is 17.5 Å². The number of thiophene rings is 1. The monoisotopic (exact) mass is 232 g/mol. The van der Waals surface area contributed by atoms with Gasteiger partial charge in [-0.25, -0.2) is 8.78 Å². The third-order valence-electron chi connectivity index (χ3n) is 2.04. The molecule has 4 heteroatoms. The van der Waals surface area contributed by atoms with E-state index in [0.717, 1.165) is 10.3 Å². The van der Waals surface area contributed by atoms with Crippen molar-refractivity contribution in [3.05, 3.63) is 33.7 Å². The summed E-state index contributed by atoms with van der Waals surface area (Å²) in [5, 5.41) is 2.60. The largest absolute Gasteiger partial charge is 0.265 e. The van der Waals surface area contributed by atoms with Crippen molar-refractivity contribution < 1.29 is 8.78 Å². The first kappa shape index (κ1) is 9.87. The van der Waals surface area contributed by atoms with Crippen LogP contribution >= 0.6 is 22.9 Å². The van der Waals surface area contributed by atoms with E-state index in [0.29, 0.717) is 10.4 Å². The lowest BCUT2D eigenvalue weighted by molar-refractivity contribution is 0.153. The molecule has 0 aliphatic carbocycles. The third-order valence-corrected chi connectivity index (χ3v) is 3.50. The Labute approximate surface area is 89.1 Å². The number of fused-ring (bicyclic) bond motifs is 1. The van der Waals surface area contributed by atoms with Crippen molar-refractivity contribution in [3.63, 3.8) is 0 Å². The van der Waals surface area contributed by atoms with Crippen LogP contribution in [0.4, 0.5) is 8.78 Å². The quantitative estimate of drug-likeness (QED) is 0.663. The molecule has 0 radical (unpaired) electrons. The van der Waals surface area contributed by atoms with Gasteiger partial charge in [-0.2, -0.15) is 0 Å². The molecular formula is C10H7ClF2S. The van der Waals surface area contributed by atoms with E-state index in [1.165, 1.54) is 16.7 Å². The zero-order chi connectivity index (χ0) is 10.3. The lowest BCUT2D eigenvalue weighted by Gasteiger charge is -2.00. The fraction of sp³-hybridized carbons (Fsp3) is 0.200. The van der Waals surface area contributed by atoms with Crippen molar-refractivity contribution in [2.24, 2.45) is 0 Å². The number of hydrogen-bond donors (Lipinski definition) is 0. The lowest BCUT2D eigenvalue weighted by atomic mass is 10.1. The number of halogens is 3. The third kappa shape index (κ3) is 1.51. The summed E-state index contributed by atoms with van der Waals surface area (Å²) in [6, 6.07) is 3.54. The van der Waals surface area contributed by atoms with E-state index in [-0.39, 0.29) is 5.56 Å². The fourth-order valence-corrected chi connectivity index (χ4v) is 2.78. The van der Waals surface area contributed by atoms with Gasteiger partial charge in [-0.05, 0) is 18.6 Å². The van der Waals surface area contributed by atoms with E-state index >= 15 is 0 Å². The molecule has 1 heterocycles. The van der Waals surface area contributed by atoms with Gasteiger partial charge in [0, 0.05) is 16.3 Å². The van der Waals surface area contributed by atoms with Gasteiger partial charge in [-0.3, -0.25) is 0 Å². The van der Waals surface area contributed by atoms with Gasteiger partial charge in [0.15, 0.2) is 0 Å². The average molecular weight is 233 g/mol. The molecule has 0 aliphatic rings. The highest BCUT2D eigenvalue weighted by atomic mass is 35.5. The number of alkyl halides is 2. The number of benzene rings is 1. The molecular weight excluding hydrogens is 226 g/mol. The predicted molar refractivity (Wildman–Crippen MR) is 56.5 cm³/mol. The van der Waals surface area contributed by atoms with Crippen molar-refractivity contribution in [2.75, 3.05) is 0 Å². The summed E-state index contributed by atoms with van der Waals surface area (Å²) in [4.78, 5) is 0. The second-order valence-electron chi connectivity index (χ2n) is 3.12. The maximum atomic E-state index is 12.6. The molecule has 0 spiro atoms. The molecule has 0 N–H and O–H groups in total. The van der Waals surface area contributed by atoms with Crippen LogP contribution in [0, 0.1) is 6.92 Å². The van der Waals surface area contributed by atoms with Gasteiger partial charge in [0.1, 0.15) is 0 Å². The van der Waals surface area contributed by atoms with Gasteiger partial charge < -0.3 is 0 Å². The van der Waals surface area contributed by atoms with Crippen LogP contribution in [0.3, 0.4) is 0 Å². The van der Waals surface area contributed by atoms with Crippen LogP contribution in [-0.4, -0.2) is 0 Å². The number of aryl methyl sites for hydroxylation is 1. The van der Waals surface area contributed by atoms with Crippen LogP contribution < -0.4 is 0 Å². The van der Waals surface area contributed by atoms with E-state index in [4.69, 9.17) is 11.6 Å². The summed E-state index contributed by atoms with van der Waals surface area (Å²) in [5.74, 6) is 0. The second kappa shape index (κ2) is 3.48. The molecule has 1 aromatic heterocycles. The van der Waals surface area contributed by atoms with Crippen molar-refractivity contribution in [1.82, 2.24) is 0 Å². The molecule has 0 fully saturated rings. The van der Waals surface area contributed by atoms with Gasteiger partial charge in [0.25, 0.3) is 6.43 Å². The lowest BCUT2D eigenvalue weighted by Crippen LogP contribution is -1.81. The Morgan fingerprint density at radius 1 is 1.36 bits per heavy atom. The summed E-state index contributed by atoms with van der Waals surface area (Å²) in [5.41, 5.74) is 0.985. The summed E-state index contributed by atoms with van der Waals surface area (Å²) < 4.78 is 25.9. The van der Waals surface area contributed by atoms with E-state index < -0.39 is 6.43 Å². The summed E-state index contributed by atoms with van der Waals surface area (Å²) in [6.07, 6.45) is -2.43. The number of hydrogen-bond acceptors (Lipinski definition) is 1. The van der Waals surface area contributed by atoms with Crippen molar-refractivity contribution in [2.45, 2.75) is 13.3 Å². The van der Waals surface area contributed by atoms with Crippen molar-refractivity contribution in [3.8, 4) is 0 Å². The molecule has 0 amide bonds. The maximum Gasteiger partial charge on any atom is 0.265 e. The topological polar surface area (TPSA) is 0 Å². The Morgan fingerprint density at radius 3 is 2.71 bits per heavy atom. The average Bonchev–Trinajstić information content (AvgIpc) is 2.47. The zero-order valence-electron chi connectivity index (χ0n) is 7.35. The van der Waals surface area contributed by atoms with Gasteiger partial charge in [-0.15, -0.1) is 11.3 Å². The van der Waals surface area contributed by atoms with E-state index in [1.54, 1.807) is 12.1 Å². The molecule has 74 valence electrons. The SMILES string of the molecule is Cc1cc(Cl)c2scc(C(F)F)c2c1. The molecule has 0 aliphatic heterocycles. The fourth-order valence-electron chi connectivity index (χ4n) is 1.42. The van der Waals surface area contributed by atoms with Crippen LogP contribution in [-0.2, 0) is 0 Å². The molecule has 2 rings (SSSR count). The minimum absolute atomic E-state index is 0.0793. The van der Waals surface area contributed by atoms with Crippen LogP contribution in [0.5, 0.6) is 0 Å². The first-order valence-corrected chi connectivity index (χ1v) is 5.30. The molecule has 0 atom stereocenters. The van der Waals surface area contributed by atoms with E-state index in [1.807, 2.05) is 6.92 Å². The van der Waals surface area contributed by atoms with Gasteiger partial charge >= 0.3 is 0 Å². The Morgan fingerprint density at radius 2 is 2.07 bits per heavy atom. The Bertz CT molecular complexity index is 476. The Hall–Kier alpha value is -0.670. The molecule has 0 unspecified atom stereocenters. The maximum absolute atomic E-state index is 12.6. The highest BCUT2D eigenvalue weighted by Gasteiger charge is 2.15. The second-order valence-corrected chi connectivity index (χ2v) is 4.40. The summed E-state index contributed by atoms with van der Waals surface area (Å²) in [6.45, 7) is 1.85. The van der Waals surface area contributed by atoms with E-state index in [2.05, 4.69) is 0 Å². The van der Waals surface area contributed by atoms with Crippen LogP contribution in [0.25, 0.3) is 10.1 Å². The Kier molecular flexibility index (Phi) is 2.45. The smallest absolute Gasteiger partial charge is 0.205 e. The highest BCUT2D eigenvalue weighted by Crippen LogP contribution is 2.37. The summed E-state index contributed by atoms with van der Waals surface area (Å²) >= 11 is 7.21. The molecule has 1 aromatic carbocycles. The predicted octanol–water partition coefficient (Wildman–Crippen LogP) is 4.80. The molecule has 0 saturated carbocycles. The minimum Gasteiger partial charge on any atom is -0.205 e. The minimum atomic E-state index is -2.43. The molecule has 0 bridgehead atoms. The number of rotatable bonds is 1. The molecule has 0 nitrogen and oxygen atoms in total. The van der Waals surface area contributed by atoms with Crippen LogP contribution in [0.2, 0.25) is 5.02 Å². The normalized spacial score (nSPS) is 11.5. The van der Waals surface area contributed by atoms with E-state index in [9.17, 15) is 8.78 Å². The molecule has 14 heavy (non-hydrogen) atoms. The Balaban J connectivity index is 2.78. The van der Waals surface area contributed by atoms with Gasteiger partial charge in [-0.1, -0.05) is 17.7 Å². The highest BCUT2D eigenvalue weighted by molar-refractivity contribution is 7.18.